The van der Waals surface area contributed by atoms with E-state index in [1.807, 2.05) is 19.9 Å². The lowest BCUT2D eigenvalue weighted by atomic mass is 9.91. The van der Waals surface area contributed by atoms with Crippen LogP contribution in [0.5, 0.6) is 0 Å². The third kappa shape index (κ3) is 5.37. The highest BCUT2D eigenvalue weighted by molar-refractivity contribution is 5.84. The lowest BCUT2D eigenvalue weighted by molar-refractivity contribution is -0.148. The predicted molar refractivity (Wildman–Crippen MR) is 83.9 cm³/mol. The predicted octanol–water partition coefficient (Wildman–Crippen LogP) is 4.30. The lowest BCUT2D eigenvalue weighted by Crippen LogP contribution is -2.45. The molecule has 3 nitrogen and oxygen atoms in total. The molecule has 0 fully saturated rings. The number of benzene rings is 1. The smallest absolute Gasteiger partial charge is 0.331 e. The van der Waals surface area contributed by atoms with Gasteiger partial charge in [-0.3, -0.25) is 0 Å². The van der Waals surface area contributed by atoms with Gasteiger partial charge in [-0.2, -0.15) is 0 Å². The third-order valence-corrected chi connectivity index (χ3v) is 3.41. The number of anilines is 1. The molecule has 21 heavy (non-hydrogen) atoms. The summed E-state index contributed by atoms with van der Waals surface area (Å²) >= 11 is 0. The Morgan fingerprint density at radius 1 is 1.38 bits per heavy atom. The maximum atomic E-state index is 13.5. The molecule has 0 heterocycles. The molecule has 1 atom stereocenters. The molecule has 1 N–H and O–H groups in total. The summed E-state index contributed by atoms with van der Waals surface area (Å²) in [6.45, 7) is 9.97. The average molecular weight is 295 g/mol. The van der Waals surface area contributed by atoms with Crippen LogP contribution >= 0.6 is 0 Å². The van der Waals surface area contributed by atoms with Crippen molar-refractivity contribution in [1.29, 1.82) is 0 Å². The summed E-state index contributed by atoms with van der Waals surface area (Å²) in [6, 6.07) is 4.69. The maximum Gasteiger partial charge on any atom is 0.331 e. The number of aryl methyl sites for hydroxylation is 1. The van der Waals surface area contributed by atoms with Crippen molar-refractivity contribution in [3.8, 4) is 0 Å². The van der Waals surface area contributed by atoms with Crippen molar-refractivity contribution >= 4 is 11.7 Å². The molecule has 0 aliphatic carbocycles. The first-order valence-corrected chi connectivity index (χ1v) is 7.49. The van der Waals surface area contributed by atoms with Crippen LogP contribution in [0.1, 0.15) is 46.1 Å². The molecule has 0 saturated carbocycles. The van der Waals surface area contributed by atoms with Crippen LogP contribution in [0.15, 0.2) is 18.2 Å². The fourth-order valence-corrected chi connectivity index (χ4v) is 2.21. The van der Waals surface area contributed by atoms with Gasteiger partial charge in [-0.15, -0.1) is 0 Å². The third-order valence-electron chi connectivity index (χ3n) is 3.41. The first-order valence-electron chi connectivity index (χ1n) is 7.49. The maximum absolute atomic E-state index is 13.5. The second-order valence-electron chi connectivity index (χ2n) is 6.13. The number of carbonyl (C=O) groups excluding carboxylic acids is 1. The number of nitrogens with one attached hydrogen (secondary N) is 1. The van der Waals surface area contributed by atoms with Crippen LogP contribution in [0.25, 0.3) is 0 Å². The summed E-state index contributed by atoms with van der Waals surface area (Å²) in [5.74, 6) is -0.130. The number of halogens is 1. The van der Waals surface area contributed by atoms with Crippen LogP contribution in [0.2, 0.25) is 0 Å². The molecule has 0 amide bonds. The highest BCUT2D eigenvalue weighted by atomic mass is 19.1. The van der Waals surface area contributed by atoms with Crippen LogP contribution in [0.3, 0.4) is 0 Å². The van der Waals surface area contributed by atoms with Crippen LogP contribution in [0.4, 0.5) is 10.1 Å². The Labute approximate surface area is 126 Å². The van der Waals surface area contributed by atoms with Crippen molar-refractivity contribution in [3.63, 3.8) is 0 Å². The van der Waals surface area contributed by atoms with Crippen LogP contribution in [-0.2, 0) is 9.53 Å². The number of hydrogen-bond acceptors (Lipinski definition) is 3. The Kier molecular flexibility index (Phi) is 6.19. The SMILES string of the molecule is CCOC(=O)C(C)(CCC(C)C)Nc1cc(C)cc(F)c1. The Morgan fingerprint density at radius 3 is 2.57 bits per heavy atom. The molecule has 0 radical (unpaired) electrons. The standard InChI is InChI=1S/C17H26FNO2/c1-6-21-16(20)17(5,8-7-12(2)3)19-15-10-13(4)9-14(18)11-15/h9-12,19H,6-8H2,1-5H3. The fraction of sp³-hybridized carbons (Fsp3) is 0.588. The van der Waals surface area contributed by atoms with Gasteiger partial charge >= 0.3 is 5.97 Å². The van der Waals surface area contributed by atoms with Gasteiger partial charge in [0, 0.05) is 5.69 Å². The van der Waals surface area contributed by atoms with Crippen molar-refractivity contribution in [3.05, 3.63) is 29.6 Å². The highest BCUT2D eigenvalue weighted by Crippen LogP contribution is 2.25. The second kappa shape index (κ2) is 7.43. The number of ether oxygens (including phenoxy) is 1. The van der Waals surface area contributed by atoms with Gasteiger partial charge in [0.25, 0.3) is 0 Å². The van der Waals surface area contributed by atoms with Gasteiger partial charge in [0.05, 0.1) is 6.61 Å². The molecular weight excluding hydrogens is 269 g/mol. The minimum atomic E-state index is -0.847. The fourth-order valence-electron chi connectivity index (χ4n) is 2.21. The quantitative estimate of drug-likeness (QED) is 0.762. The Hall–Kier alpha value is -1.58. The van der Waals surface area contributed by atoms with E-state index in [2.05, 4.69) is 19.2 Å². The molecule has 1 aromatic rings. The van der Waals surface area contributed by atoms with E-state index < -0.39 is 5.54 Å². The van der Waals surface area contributed by atoms with Crippen LogP contribution in [0, 0.1) is 18.7 Å². The molecule has 1 unspecified atom stereocenters. The molecule has 118 valence electrons. The minimum absolute atomic E-state index is 0.299. The Morgan fingerprint density at radius 2 is 2.05 bits per heavy atom. The summed E-state index contributed by atoms with van der Waals surface area (Å²) in [7, 11) is 0. The Balaban J connectivity index is 2.97. The molecule has 4 heteroatoms. The summed E-state index contributed by atoms with van der Waals surface area (Å²) in [5.41, 5.74) is 0.569. The van der Waals surface area contributed by atoms with E-state index in [-0.39, 0.29) is 11.8 Å². The normalized spacial score (nSPS) is 13.9. The van der Waals surface area contributed by atoms with Gasteiger partial charge < -0.3 is 10.1 Å². The molecule has 0 spiro atoms. The van der Waals surface area contributed by atoms with Crippen LogP contribution in [-0.4, -0.2) is 18.1 Å². The first kappa shape index (κ1) is 17.5. The number of esters is 1. The van der Waals surface area contributed by atoms with E-state index in [9.17, 15) is 9.18 Å². The van der Waals surface area contributed by atoms with Gasteiger partial charge in [0.1, 0.15) is 11.4 Å². The topological polar surface area (TPSA) is 38.3 Å². The van der Waals surface area contributed by atoms with Crippen LogP contribution < -0.4 is 5.32 Å². The largest absolute Gasteiger partial charge is 0.464 e. The summed E-state index contributed by atoms with van der Waals surface area (Å²) in [6.07, 6.45) is 1.52. The molecule has 0 aliphatic rings. The van der Waals surface area contributed by atoms with E-state index >= 15 is 0 Å². The summed E-state index contributed by atoms with van der Waals surface area (Å²) < 4.78 is 18.7. The number of rotatable bonds is 7. The second-order valence-corrected chi connectivity index (χ2v) is 6.13. The number of hydrogen-bond donors (Lipinski definition) is 1. The van der Waals surface area contributed by atoms with E-state index in [1.54, 1.807) is 6.92 Å². The van der Waals surface area contributed by atoms with Gasteiger partial charge in [-0.25, -0.2) is 9.18 Å². The molecule has 1 aromatic carbocycles. The van der Waals surface area contributed by atoms with Crippen molar-refractivity contribution in [2.45, 2.75) is 53.0 Å². The van der Waals surface area contributed by atoms with Crippen molar-refractivity contribution in [1.82, 2.24) is 0 Å². The monoisotopic (exact) mass is 295 g/mol. The molecule has 1 rings (SSSR count). The average Bonchev–Trinajstić information content (AvgIpc) is 2.35. The lowest BCUT2D eigenvalue weighted by Gasteiger charge is -2.30. The van der Waals surface area contributed by atoms with E-state index in [4.69, 9.17) is 4.74 Å². The van der Waals surface area contributed by atoms with Gasteiger partial charge in [-0.1, -0.05) is 13.8 Å². The molecular formula is C17H26FNO2. The van der Waals surface area contributed by atoms with Crippen molar-refractivity contribution in [2.24, 2.45) is 5.92 Å². The zero-order valence-electron chi connectivity index (χ0n) is 13.6. The van der Waals surface area contributed by atoms with E-state index in [0.29, 0.717) is 24.6 Å². The van der Waals surface area contributed by atoms with Gasteiger partial charge in [0.2, 0.25) is 0 Å². The first-order chi connectivity index (χ1) is 9.76. The highest BCUT2D eigenvalue weighted by Gasteiger charge is 2.34. The molecule has 0 bridgehead atoms. The molecule has 0 aromatic heterocycles. The summed E-state index contributed by atoms with van der Waals surface area (Å²) in [5, 5.41) is 3.16. The van der Waals surface area contributed by atoms with E-state index in [0.717, 1.165) is 12.0 Å². The van der Waals surface area contributed by atoms with Gasteiger partial charge in [0.15, 0.2) is 0 Å². The molecule has 0 saturated heterocycles. The minimum Gasteiger partial charge on any atom is -0.464 e. The zero-order chi connectivity index (χ0) is 16.0. The summed E-state index contributed by atoms with van der Waals surface area (Å²) in [4.78, 5) is 12.3. The zero-order valence-corrected chi connectivity index (χ0v) is 13.6. The van der Waals surface area contributed by atoms with Crippen molar-refractivity contribution in [2.75, 3.05) is 11.9 Å². The van der Waals surface area contributed by atoms with Crippen molar-refractivity contribution < 1.29 is 13.9 Å². The Bertz CT molecular complexity index is 467. The van der Waals surface area contributed by atoms with E-state index in [1.165, 1.54) is 12.1 Å². The number of carbonyl (C=O) groups is 1. The van der Waals surface area contributed by atoms with Gasteiger partial charge in [-0.05, 0) is 63.3 Å². The molecule has 0 aliphatic heterocycles.